The van der Waals surface area contributed by atoms with Crippen LogP contribution in [0.2, 0.25) is 0 Å². The van der Waals surface area contributed by atoms with Gasteiger partial charge in [-0.1, -0.05) is 13.0 Å². The third-order valence-electron chi connectivity index (χ3n) is 2.53. The zero-order chi connectivity index (χ0) is 12.8. The Morgan fingerprint density at radius 3 is 2.76 bits per heavy atom. The lowest BCUT2D eigenvalue weighted by atomic mass is 10.2. The van der Waals surface area contributed by atoms with E-state index < -0.39 is 6.10 Å². The Morgan fingerprint density at radius 2 is 2.18 bits per heavy atom. The first-order valence-corrected chi connectivity index (χ1v) is 5.84. The highest BCUT2D eigenvalue weighted by molar-refractivity contribution is 5.94. The van der Waals surface area contributed by atoms with Gasteiger partial charge in [-0.05, 0) is 38.5 Å². The lowest BCUT2D eigenvalue weighted by Crippen LogP contribution is -2.30. The maximum Gasteiger partial charge on any atom is 0.253 e. The molecule has 0 aliphatic rings. The summed E-state index contributed by atoms with van der Waals surface area (Å²) in [4.78, 5) is 11.8. The molecule has 0 saturated heterocycles. The number of nitrogen functional groups attached to an aromatic ring is 1. The molecule has 0 saturated carbocycles. The number of nitrogens with one attached hydrogen (secondary N) is 1. The van der Waals surface area contributed by atoms with Crippen LogP contribution in [0.1, 0.15) is 27.2 Å². The molecular formula is C13H20N2O2. The number of rotatable bonds is 5. The fraction of sp³-hybridized carbons (Fsp3) is 0.462. The molecule has 1 rings (SSSR count). The molecule has 1 amide bonds. The maximum atomic E-state index is 11.8. The summed E-state index contributed by atoms with van der Waals surface area (Å²) in [6.07, 6.45) is 0.499. The number of amides is 1. The second-order valence-electron chi connectivity index (χ2n) is 4.11. The summed E-state index contributed by atoms with van der Waals surface area (Å²) in [6, 6.07) is 7.08. The highest BCUT2D eigenvalue weighted by Gasteiger charge is 2.15. The van der Waals surface area contributed by atoms with E-state index in [1.54, 1.807) is 31.2 Å². The lowest BCUT2D eigenvalue weighted by Gasteiger charge is -2.17. The van der Waals surface area contributed by atoms with Crippen LogP contribution in [0.25, 0.3) is 0 Å². The number of hydrogen-bond acceptors (Lipinski definition) is 3. The summed E-state index contributed by atoms with van der Waals surface area (Å²) in [5, 5.41) is 2.77. The van der Waals surface area contributed by atoms with Crippen molar-refractivity contribution in [2.75, 3.05) is 11.1 Å². The maximum absolute atomic E-state index is 11.8. The zero-order valence-corrected chi connectivity index (χ0v) is 10.6. The molecule has 0 bridgehead atoms. The quantitative estimate of drug-likeness (QED) is 0.772. The third kappa shape index (κ3) is 4.44. The molecule has 94 valence electrons. The van der Waals surface area contributed by atoms with Gasteiger partial charge in [0.2, 0.25) is 0 Å². The molecule has 1 aromatic rings. The van der Waals surface area contributed by atoms with Crippen LogP contribution in [-0.2, 0) is 9.53 Å². The van der Waals surface area contributed by atoms with E-state index in [1.165, 1.54) is 0 Å². The average molecular weight is 236 g/mol. The van der Waals surface area contributed by atoms with Gasteiger partial charge in [0.05, 0.1) is 6.10 Å². The van der Waals surface area contributed by atoms with Gasteiger partial charge in [-0.3, -0.25) is 4.79 Å². The van der Waals surface area contributed by atoms with E-state index in [4.69, 9.17) is 10.5 Å². The molecule has 4 nitrogen and oxygen atoms in total. The number of nitrogens with two attached hydrogens (primary N) is 1. The minimum absolute atomic E-state index is 0.0802. The van der Waals surface area contributed by atoms with Crippen LogP contribution < -0.4 is 11.1 Å². The Balaban J connectivity index is 2.54. The van der Waals surface area contributed by atoms with Crippen molar-refractivity contribution in [2.24, 2.45) is 0 Å². The highest BCUT2D eigenvalue weighted by atomic mass is 16.5. The van der Waals surface area contributed by atoms with Crippen LogP contribution >= 0.6 is 0 Å². The van der Waals surface area contributed by atoms with Gasteiger partial charge in [0, 0.05) is 11.4 Å². The van der Waals surface area contributed by atoms with Crippen molar-refractivity contribution >= 4 is 17.3 Å². The predicted octanol–water partition coefficient (Wildman–Crippen LogP) is 2.41. The topological polar surface area (TPSA) is 64.3 Å². The Kier molecular flexibility index (Phi) is 4.97. The minimum atomic E-state index is -0.466. The summed E-state index contributed by atoms with van der Waals surface area (Å²) in [6.45, 7) is 5.71. The first-order chi connectivity index (χ1) is 8.02. The summed E-state index contributed by atoms with van der Waals surface area (Å²) >= 11 is 0. The van der Waals surface area contributed by atoms with Crippen LogP contribution in [0.5, 0.6) is 0 Å². The molecule has 0 aromatic heterocycles. The van der Waals surface area contributed by atoms with Crippen LogP contribution in [0.3, 0.4) is 0 Å². The van der Waals surface area contributed by atoms with Gasteiger partial charge >= 0.3 is 0 Å². The van der Waals surface area contributed by atoms with E-state index in [1.807, 2.05) is 13.8 Å². The largest absolute Gasteiger partial charge is 0.399 e. The van der Waals surface area contributed by atoms with Crippen molar-refractivity contribution in [2.45, 2.75) is 39.4 Å². The number of carbonyl (C=O) groups is 1. The van der Waals surface area contributed by atoms with E-state index in [9.17, 15) is 4.79 Å². The van der Waals surface area contributed by atoms with Crippen LogP contribution in [0.4, 0.5) is 11.4 Å². The van der Waals surface area contributed by atoms with Crippen molar-refractivity contribution in [1.29, 1.82) is 0 Å². The molecule has 2 unspecified atom stereocenters. The van der Waals surface area contributed by atoms with Crippen molar-refractivity contribution in [3.05, 3.63) is 24.3 Å². The van der Waals surface area contributed by atoms with Crippen LogP contribution in [-0.4, -0.2) is 18.1 Å². The third-order valence-corrected chi connectivity index (χ3v) is 2.53. The fourth-order valence-electron chi connectivity index (χ4n) is 1.37. The monoisotopic (exact) mass is 236 g/mol. The molecule has 0 aliphatic heterocycles. The van der Waals surface area contributed by atoms with Gasteiger partial charge in [-0.2, -0.15) is 0 Å². The second-order valence-corrected chi connectivity index (χ2v) is 4.11. The summed E-state index contributed by atoms with van der Waals surface area (Å²) in [5.74, 6) is -0.157. The van der Waals surface area contributed by atoms with Crippen molar-refractivity contribution in [1.82, 2.24) is 0 Å². The number of carbonyl (C=O) groups excluding carboxylic acids is 1. The van der Waals surface area contributed by atoms with Gasteiger partial charge in [0.1, 0.15) is 6.10 Å². The van der Waals surface area contributed by atoms with E-state index in [0.29, 0.717) is 11.4 Å². The lowest BCUT2D eigenvalue weighted by molar-refractivity contribution is -0.129. The highest BCUT2D eigenvalue weighted by Crippen LogP contribution is 2.13. The smallest absolute Gasteiger partial charge is 0.253 e. The number of anilines is 2. The first-order valence-electron chi connectivity index (χ1n) is 5.84. The summed E-state index contributed by atoms with van der Waals surface area (Å²) < 4.78 is 5.52. The molecule has 0 heterocycles. The second kappa shape index (κ2) is 6.25. The molecule has 0 aliphatic carbocycles. The molecule has 4 heteroatoms. The van der Waals surface area contributed by atoms with Crippen molar-refractivity contribution < 1.29 is 9.53 Å². The Bertz CT molecular complexity index is 379. The number of ether oxygens (including phenoxy) is 1. The molecule has 0 spiro atoms. The standard InChI is InChI=1S/C13H20N2O2/c1-4-9(2)17-10(3)13(16)15-12-7-5-6-11(14)8-12/h5-10H,4,14H2,1-3H3,(H,15,16). The number of hydrogen-bond donors (Lipinski definition) is 2. The molecule has 0 radical (unpaired) electrons. The van der Waals surface area contributed by atoms with E-state index in [-0.39, 0.29) is 12.0 Å². The minimum Gasteiger partial charge on any atom is -0.399 e. The Labute approximate surface area is 102 Å². The summed E-state index contributed by atoms with van der Waals surface area (Å²) in [5.41, 5.74) is 6.94. The molecule has 2 atom stereocenters. The molecule has 0 fully saturated rings. The first kappa shape index (κ1) is 13.5. The van der Waals surface area contributed by atoms with Gasteiger partial charge in [-0.25, -0.2) is 0 Å². The van der Waals surface area contributed by atoms with E-state index in [0.717, 1.165) is 6.42 Å². The van der Waals surface area contributed by atoms with Gasteiger partial charge < -0.3 is 15.8 Å². The van der Waals surface area contributed by atoms with Crippen LogP contribution in [0.15, 0.2) is 24.3 Å². The Morgan fingerprint density at radius 1 is 1.47 bits per heavy atom. The summed E-state index contributed by atoms with van der Waals surface area (Å²) in [7, 11) is 0. The molecule has 3 N–H and O–H groups in total. The number of benzene rings is 1. The fourth-order valence-corrected chi connectivity index (χ4v) is 1.37. The van der Waals surface area contributed by atoms with Gasteiger partial charge in [0.25, 0.3) is 5.91 Å². The SMILES string of the molecule is CCC(C)OC(C)C(=O)Nc1cccc(N)c1. The Hall–Kier alpha value is -1.55. The normalized spacial score (nSPS) is 14.1. The molecular weight excluding hydrogens is 216 g/mol. The van der Waals surface area contributed by atoms with E-state index in [2.05, 4.69) is 5.32 Å². The van der Waals surface area contributed by atoms with E-state index >= 15 is 0 Å². The predicted molar refractivity (Wildman–Crippen MR) is 69.8 cm³/mol. The van der Waals surface area contributed by atoms with Crippen LogP contribution in [0, 0.1) is 0 Å². The van der Waals surface area contributed by atoms with Gasteiger partial charge in [-0.15, -0.1) is 0 Å². The van der Waals surface area contributed by atoms with Gasteiger partial charge in [0.15, 0.2) is 0 Å². The zero-order valence-electron chi connectivity index (χ0n) is 10.6. The molecule has 17 heavy (non-hydrogen) atoms. The molecule has 1 aromatic carbocycles. The average Bonchev–Trinajstić information content (AvgIpc) is 2.28. The van der Waals surface area contributed by atoms with Crippen molar-refractivity contribution in [3.8, 4) is 0 Å². The van der Waals surface area contributed by atoms with Crippen molar-refractivity contribution in [3.63, 3.8) is 0 Å².